The molecule has 1 atom stereocenters. The van der Waals surface area contributed by atoms with Gasteiger partial charge in [0.1, 0.15) is 11.6 Å². The van der Waals surface area contributed by atoms with Gasteiger partial charge < -0.3 is 5.32 Å². The molecule has 0 radical (unpaired) electrons. The lowest BCUT2D eigenvalue weighted by atomic mass is 10.00. The van der Waals surface area contributed by atoms with Crippen LogP contribution in [0.15, 0.2) is 35.7 Å². The third kappa shape index (κ3) is 5.21. The summed E-state index contributed by atoms with van der Waals surface area (Å²) in [5.74, 6) is -0.696. The summed E-state index contributed by atoms with van der Waals surface area (Å²) in [6.07, 6.45) is 3.59. The second kappa shape index (κ2) is 8.25. The minimum absolute atomic E-state index is 0.186. The van der Waals surface area contributed by atoms with Gasteiger partial charge in [-0.15, -0.1) is 11.3 Å². The number of halogens is 2. The SMILES string of the molecule is CCNC(CCCc1cccs1)Cc1cc(F)ccc1F. The van der Waals surface area contributed by atoms with Crippen molar-refractivity contribution >= 4 is 11.3 Å². The van der Waals surface area contributed by atoms with Crippen LogP contribution < -0.4 is 5.32 Å². The molecule has 0 aliphatic rings. The molecule has 1 N–H and O–H groups in total. The first kappa shape index (κ1) is 16.1. The smallest absolute Gasteiger partial charge is 0.126 e. The lowest BCUT2D eigenvalue weighted by molar-refractivity contribution is 0.465. The molecular formula is C17H21F2NS. The van der Waals surface area contributed by atoms with Gasteiger partial charge in [-0.25, -0.2) is 8.78 Å². The topological polar surface area (TPSA) is 12.0 Å². The van der Waals surface area contributed by atoms with Crippen molar-refractivity contribution in [3.63, 3.8) is 0 Å². The van der Waals surface area contributed by atoms with Gasteiger partial charge in [-0.05, 0) is 67.4 Å². The molecule has 0 fully saturated rings. The molecule has 0 aliphatic carbocycles. The highest BCUT2D eigenvalue weighted by Gasteiger charge is 2.12. The summed E-state index contributed by atoms with van der Waals surface area (Å²) in [6, 6.07) is 8.06. The summed E-state index contributed by atoms with van der Waals surface area (Å²) in [7, 11) is 0. The first-order valence-corrected chi connectivity index (χ1v) is 8.26. The fraction of sp³-hybridized carbons (Fsp3) is 0.412. The molecule has 0 saturated heterocycles. The van der Waals surface area contributed by atoms with E-state index in [0.29, 0.717) is 12.0 Å². The number of likely N-dealkylation sites (N-methyl/N-ethyl adjacent to an activating group) is 1. The Hall–Kier alpha value is -1.26. The van der Waals surface area contributed by atoms with Gasteiger partial charge in [0.15, 0.2) is 0 Å². The fourth-order valence-corrected chi connectivity index (χ4v) is 3.26. The van der Waals surface area contributed by atoms with Crippen LogP contribution in [0, 0.1) is 11.6 Å². The quantitative estimate of drug-likeness (QED) is 0.753. The number of rotatable bonds is 8. The van der Waals surface area contributed by atoms with Gasteiger partial charge in [-0.3, -0.25) is 0 Å². The summed E-state index contributed by atoms with van der Waals surface area (Å²) in [5, 5.41) is 5.45. The Balaban J connectivity index is 1.90. The van der Waals surface area contributed by atoms with Gasteiger partial charge in [0, 0.05) is 10.9 Å². The molecule has 1 aromatic heterocycles. The summed E-state index contributed by atoms with van der Waals surface area (Å²) in [6.45, 7) is 2.87. The molecule has 0 aliphatic heterocycles. The first-order valence-electron chi connectivity index (χ1n) is 7.38. The van der Waals surface area contributed by atoms with Crippen LogP contribution >= 0.6 is 11.3 Å². The minimum Gasteiger partial charge on any atom is -0.314 e. The zero-order valence-corrected chi connectivity index (χ0v) is 13.1. The van der Waals surface area contributed by atoms with E-state index in [2.05, 4.69) is 22.8 Å². The number of aryl methyl sites for hydroxylation is 1. The maximum atomic E-state index is 13.7. The van der Waals surface area contributed by atoms with E-state index >= 15 is 0 Å². The van der Waals surface area contributed by atoms with Crippen molar-refractivity contribution < 1.29 is 8.78 Å². The van der Waals surface area contributed by atoms with Gasteiger partial charge in [0.2, 0.25) is 0 Å². The van der Waals surface area contributed by atoms with E-state index in [1.807, 2.05) is 6.92 Å². The molecule has 2 rings (SSSR count). The van der Waals surface area contributed by atoms with E-state index in [0.717, 1.165) is 31.9 Å². The van der Waals surface area contributed by atoms with Crippen molar-refractivity contribution in [2.24, 2.45) is 0 Å². The molecule has 1 unspecified atom stereocenters. The van der Waals surface area contributed by atoms with Crippen molar-refractivity contribution in [1.82, 2.24) is 5.32 Å². The van der Waals surface area contributed by atoms with Crippen LogP contribution in [0.4, 0.5) is 8.78 Å². The molecule has 0 spiro atoms. The Labute approximate surface area is 129 Å². The lowest BCUT2D eigenvalue weighted by Gasteiger charge is -2.18. The highest BCUT2D eigenvalue weighted by Crippen LogP contribution is 2.16. The van der Waals surface area contributed by atoms with Crippen LogP contribution in [-0.4, -0.2) is 12.6 Å². The summed E-state index contributed by atoms with van der Waals surface area (Å²) >= 11 is 1.77. The van der Waals surface area contributed by atoms with E-state index in [1.165, 1.54) is 17.0 Å². The fourth-order valence-electron chi connectivity index (χ4n) is 2.51. The molecule has 0 saturated carbocycles. The highest BCUT2D eigenvalue weighted by molar-refractivity contribution is 7.09. The summed E-state index contributed by atoms with van der Waals surface area (Å²) in [4.78, 5) is 1.38. The van der Waals surface area contributed by atoms with E-state index in [-0.39, 0.29) is 17.7 Å². The molecule has 1 heterocycles. The van der Waals surface area contributed by atoms with Gasteiger partial charge in [-0.2, -0.15) is 0 Å². The number of benzene rings is 1. The van der Waals surface area contributed by atoms with Crippen molar-refractivity contribution in [3.8, 4) is 0 Å². The largest absolute Gasteiger partial charge is 0.314 e. The summed E-state index contributed by atoms with van der Waals surface area (Å²) in [5.41, 5.74) is 0.456. The predicted octanol–water partition coefficient (Wildman–Crippen LogP) is 4.57. The highest BCUT2D eigenvalue weighted by atomic mass is 32.1. The average molecular weight is 309 g/mol. The Kier molecular flexibility index (Phi) is 6.33. The Morgan fingerprint density at radius 2 is 2.10 bits per heavy atom. The normalized spacial score (nSPS) is 12.5. The van der Waals surface area contributed by atoms with Crippen molar-refractivity contribution in [1.29, 1.82) is 0 Å². The molecule has 0 amide bonds. The maximum absolute atomic E-state index is 13.7. The van der Waals surface area contributed by atoms with Gasteiger partial charge >= 0.3 is 0 Å². The number of thiophene rings is 1. The number of hydrogen-bond acceptors (Lipinski definition) is 2. The maximum Gasteiger partial charge on any atom is 0.126 e. The Bertz CT molecular complexity index is 540. The zero-order chi connectivity index (χ0) is 15.1. The van der Waals surface area contributed by atoms with Crippen LogP contribution in [0.5, 0.6) is 0 Å². The third-order valence-corrected chi connectivity index (χ3v) is 4.46. The van der Waals surface area contributed by atoms with Gasteiger partial charge in [0.05, 0.1) is 0 Å². The monoisotopic (exact) mass is 309 g/mol. The molecular weight excluding hydrogens is 288 g/mol. The molecule has 114 valence electrons. The van der Waals surface area contributed by atoms with Gasteiger partial charge in [0.25, 0.3) is 0 Å². The van der Waals surface area contributed by atoms with Crippen molar-refractivity contribution in [2.75, 3.05) is 6.54 Å². The predicted molar refractivity (Wildman–Crippen MR) is 84.8 cm³/mol. The molecule has 2 aromatic rings. The Morgan fingerprint density at radius 1 is 1.24 bits per heavy atom. The van der Waals surface area contributed by atoms with Crippen LogP contribution in [-0.2, 0) is 12.8 Å². The molecule has 0 bridgehead atoms. The molecule has 1 aromatic carbocycles. The van der Waals surface area contributed by atoms with E-state index in [4.69, 9.17) is 0 Å². The minimum atomic E-state index is -0.375. The number of hydrogen-bond donors (Lipinski definition) is 1. The average Bonchev–Trinajstić information content (AvgIpc) is 2.96. The van der Waals surface area contributed by atoms with Crippen molar-refractivity contribution in [2.45, 2.75) is 38.6 Å². The van der Waals surface area contributed by atoms with Crippen LogP contribution in [0.3, 0.4) is 0 Å². The molecule has 1 nitrogen and oxygen atoms in total. The second-order valence-electron chi connectivity index (χ2n) is 5.17. The van der Waals surface area contributed by atoms with Crippen LogP contribution in [0.25, 0.3) is 0 Å². The van der Waals surface area contributed by atoms with E-state index < -0.39 is 0 Å². The number of nitrogens with one attached hydrogen (secondary N) is 1. The molecule has 4 heteroatoms. The van der Waals surface area contributed by atoms with Gasteiger partial charge in [-0.1, -0.05) is 13.0 Å². The second-order valence-corrected chi connectivity index (χ2v) is 6.20. The van der Waals surface area contributed by atoms with Crippen LogP contribution in [0.1, 0.15) is 30.2 Å². The van der Waals surface area contributed by atoms with Crippen molar-refractivity contribution in [3.05, 3.63) is 57.8 Å². The third-order valence-electron chi connectivity index (χ3n) is 3.52. The molecule has 21 heavy (non-hydrogen) atoms. The van der Waals surface area contributed by atoms with E-state index in [1.54, 1.807) is 11.3 Å². The standard InChI is InChI=1S/C17H21F2NS/c1-2-20-15(5-3-6-16-7-4-10-21-16)12-13-11-14(18)8-9-17(13)19/h4,7-11,15,20H,2-3,5-6,12H2,1H3. The first-order chi connectivity index (χ1) is 10.2. The lowest BCUT2D eigenvalue weighted by Crippen LogP contribution is -2.31. The Morgan fingerprint density at radius 3 is 2.81 bits per heavy atom. The summed E-state index contributed by atoms with van der Waals surface area (Å²) < 4.78 is 27.0. The van der Waals surface area contributed by atoms with Crippen LogP contribution in [0.2, 0.25) is 0 Å². The van der Waals surface area contributed by atoms with E-state index in [9.17, 15) is 8.78 Å². The zero-order valence-electron chi connectivity index (χ0n) is 12.2.